The molecule has 0 aromatic heterocycles. The van der Waals surface area contributed by atoms with E-state index in [0.29, 0.717) is 0 Å². The van der Waals surface area contributed by atoms with Crippen molar-refractivity contribution in [3.63, 3.8) is 0 Å². The van der Waals surface area contributed by atoms with E-state index in [1.54, 1.807) is 0 Å². The Kier molecular flexibility index (Phi) is 1.25. The number of nitrogens with zero attached hydrogens (tertiary/aromatic N) is 1. The van der Waals surface area contributed by atoms with E-state index in [1.807, 2.05) is 6.21 Å². The molecule has 6 heavy (non-hydrogen) atoms. The first kappa shape index (κ1) is 3.85. The Balaban J connectivity index is 2.26. The van der Waals surface area contributed by atoms with Gasteiger partial charge in [-0.25, -0.2) is 0 Å². The van der Waals surface area contributed by atoms with Crippen LogP contribution in [0.5, 0.6) is 0 Å². The maximum absolute atomic E-state index is 4.05. The lowest BCUT2D eigenvalue weighted by Gasteiger charge is -1.97. The molecule has 1 heterocycles. The number of hydrogen-bond acceptors (Lipinski definition) is 1. The van der Waals surface area contributed by atoms with Crippen LogP contribution in [0, 0.1) is 0 Å². The summed E-state index contributed by atoms with van der Waals surface area (Å²) in [5.74, 6) is 0. The molecule has 1 nitrogen and oxygen atoms in total. The van der Waals surface area contributed by atoms with Gasteiger partial charge in [0.1, 0.15) is 0 Å². The molecule has 34 valence electrons. The van der Waals surface area contributed by atoms with E-state index in [4.69, 9.17) is 0 Å². The zero-order valence-electron chi connectivity index (χ0n) is 3.85. The first-order chi connectivity index (χ1) is 3.00. The fourth-order valence-corrected chi connectivity index (χ4v) is 0.621. The number of rotatable bonds is 0. The number of aliphatic imine (C=N–C) groups is 1. The minimum atomic E-state index is 1.07. The van der Waals surface area contributed by atoms with Crippen molar-refractivity contribution in [1.82, 2.24) is 0 Å². The zero-order chi connectivity index (χ0) is 4.24. The number of hydrogen-bond donors (Lipinski definition) is 0. The topological polar surface area (TPSA) is 12.4 Å². The summed E-state index contributed by atoms with van der Waals surface area (Å²) in [6.07, 6.45) is 5.88. The van der Waals surface area contributed by atoms with Gasteiger partial charge in [-0.1, -0.05) is 0 Å². The van der Waals surface area contributed by atoms with Crippen LogP contribution in [0.2, 0.25) is 0 Å². The van der Waals surface area contributed by atoms with Crippen LogP contribution < -0.4 is 0 Å². The van der Waals surface area contributed by atoms with Gasteiger partial charge in [0.05, 0.1) is 0 Å². The second kappa shape index (κ2) is 1.96. The Morgan fingerprint density at radius 3 is 2.50 bits per heavy atom. The highest BCUT2D eigenvalue weighted by Gasteiger charge is 1.88. The maximum Gasteiger partial charge on any atom is 0.0385 e. The zero-order valence-corrected chi connectivity index (χ0v) is 3.85. The van der Waals surface area contributed by atoms with Crippen molar-refractivity contribution in [2.45, 2.75) is 19.3 Å². The Labute approximate surface area is 38.1 Å². The lowest BCUT2D eigenvalue weighted by Crippen LogP contribution is -1.89. The Morgan fingerprint density at radius 2 is 2.33 bits per heavy atom. The summed E-state index contributed by atoms with van der Waals surface area (Å²) >= 11 is 0. The molecular formula is C5H9N. The van der Waals surface area contributed by atoms with Crippen LogP contribution in [0.3, 0.4) is 0 Å². The monoisotopic (exact) mass is 85.1 g/mol. The maximum atomic E-state index is 4.05. The van der Waals surface area contributed by atoms with Gasteiger partial charge in [0, 0.05) is 6.54 Å². The van der Waals surface area contributed by atoms with Gasteiger partial charge in [-0.2, -0.15) is 0 Å². The van der Waals surface area contributed by atoms with Crippen LogP contribution in [0.4, 0.5) is 0 Å². The predicted molar refractivity (Wildman–Crippen MR) is 27.2 cm³/mol. The van der Waals surface area contributed by atoms with Crippen molar-refractivity contribution < 1.29 is 0 Å². The van der Waals surface area contributed by atoms with E-state index >= 15 is 0 Å². The summed E-state index contributed by atoms with van der Waals surface area (Å²) < 4.78 is 0. The fourth-order valence-electron chi connectivity index (χ4n) is 0.621. The molecule has 1 heteroatoms. The van der Waals surface area contributed by atoms with Gasteiger partial charge in [-0.05, 0) is 25.5 Å². The quantitative estimate of drug-likeness (QED) is 0.310. The second-order valence-electron chi connectivity index (χ2n) is 1.58. The van der Waals surface area contributed by atoms with Crippen LogP contribution in [0.1, 0.15) is 19.3 Å². The molecule has 0 amide bonds. The highest BCUT2D eigenvalue weighted by Crippen LogP contribution is 1.97. The largest absolute Gasteiger partial charge is 0.298 e. The molecule has 0 aromatic carbocycles. The molecule has 0 fully saturated rings. The van der Waals surface area contributed by atoms with Gasteiger partial charge < -0.3 is 0 Å². The SMILES string of the molecule is C1=[15N][13CH2]CCC1. The summed E-state index contributed by atoms with van der Waals surface area (Å²) in [4.78, 5) is 4.05. The fraction of sp³-hybridized carbons (Fsp3) is 0.800. The van der Waals surface area contributed by atoms with E-state index in [-0.39, 0.29) is 0 Å². The van der Waals surface area contributed by atoms with E-state index < -0.39 is 0 Å². The van der Waals surface area contributed by atoms with Gasteiger partial charge in [-0.15, -0.1) is 0 Å². The summed E-state index contributed by atoms with van der Waals surface area (Å²) in [6.45, 7) is 1.07. The third-order valence-corrected chi connectivity index (χ3v) is 1.000. The Bertz CT molecular complexity index is 49.0. The van der Waals surface area contributed by atoms with Crippen molar-refractivity contribution in [2.75, 3.05) is 6.54 Å². The summed E-state index contributed by atoms with van der Waals surface area (Å²) in [5, 5.41) is 0. The van der Waals surface area contributed by atoms with Crippen molar-refractivity contribution in [1.29, 1.82) is 0 Å². The Hall–Kier alpha value is -0.330. The summed E-state index contributed by atoms with van der Waals surface area (Å²) in [7, 11) is 0. The standard InChI is InChI=1S/C5H9N/c1-2-4-6-5-3-1/h4H,1-3,5H2/i5+1,6+1. The molecule has 0 atom stereocenters. The van der Waals surface area contributed by atoms with Crippen LogP contribution >= 0.6 is 0 Å². The molecule has 0 spiro atoms. The van der Waals surface area contributed by atoms with Crippen LogP contribution in [0.25, 0.3) is 0 Å². The molecule has 1 aliphatic heterocycles. The molecule has 1 rings (SSSR count). The molecule has 1 aliphatic rings. The molecule has 0 bridgehead atoms. The van der Waals surface area contributed by atoms with Crippen LogP contribution in [-0.4, -0.2) is 12.8 Å². The van der Waals surface area contributed by atoms with Gasteiger partial charge in [-0.3, -0.25) is 4.99 Å². The summed E-state index contributed by atoms with van der Waals surface area (Å²) in [5.41, 5.74) is 0. The molecular weight excluding hydrogens is 76.0 g/mol. The van der Waals surface area contributed by atoms with Crippen LogP contribution in [0.15, 0.2) is 4.99 Å². The predicted octanol–water partition coefficient (Wildman–Crippen LogP) is 1.24. The molecule has 0 aliphatic carbocycles. The van der Waals surface area contributed by atoms with Crippen molar-refractivity contribution >= 4 is 6.21 Å². The lowest BCUT2D eigenvalue weighted by atomic mass is 10.3. The Morgan fingerprint density at radius 1 is 1.33 bits per heavy atom. The van der Waals surface area contributed by atoms with Crippen molar-refractivity contribution in [3.05, 3.63) is 0 Å². The summed E-state index contributed by atoms with van der Waals surface area (Å²) in [6, 6.07) is 0. The normalized spacial score (nSPS) is 21.3. The average molecular weight is 85.1 g/mol. The van der Waals surface area contributed by atoms with Crippen molar-refractivity contribution in [3.8, 4) is 0 Å². The lowest BCUT2D eigenvalue weighted by molar-refractivity contribution is 0.749. The minimum Gasteiger partial charge on any atom is -0.298 e. The van der Waals surface area contributed by atoms with E-state index in [9.17, 15) is 0 Å². The molecule has 0 unspecified atom stereocenters. The molecule has 0 radical (unpaired) electrons. The van der Waals surface area contributed by atoms with Crippen molar-refractivity contribution in [2.24, 2.45) is 4.99 Å². The minimum absolute atomic E-state index is 1.07. The molecule has 0 saturated heterocycles. The van der Waals surface area contributed by atoms with Gasteiger partial charge in [0.15, 0.2) is 0 Å². The third kappa shape index (κ3) is 0.814. The van der Waals surface area contributed by atoms with Gasteiger partial charge >= 0.3 is 0 Å². The van der Waals surface area contributed by atoms with E-state index in [2.05, 4.69) is 4.99 Å². The highest BCUT2D eigenvalue weighted by atomic mass is 15.6. The molecule has 0 saturated carbocycles. The van der Waals surface area contributed by atoms with E-state index in [1.165, 1.54) is 19.3 Å². The van der Waals surface area contributed by atoms with Gasteiger partial charge in [0.2, 0.25) is 0 Å². The first-order valence-electron chi connectivity index (χ1n) is 2.48. The molecule has 0 aromatic rings. The van der Waals surface area contributed by atoms with E-state index in [0.717, 1.165) is 6.54 Å². The van der Waals surface area contributed by atoms with Gasteiger partial charge in [0.25, 0.3) is 0 Å². The highest BCUT2D eigenvalue weighted by molar-refractivity contribution is 5.57. The average Bonchev–Trinajstić information content (AvgIpc) is 1.72. The molecule has 0 N–H and O–H groups in total. The second-order valence-corrected chi connectivity index (χ2v) is 1.58. The van der Waals surface area contributed by atoms with Crippen LogP contribution in [-0.2, 0) is 0 Å². The smallest absolute Gasteiger partial charge is 0.0385 e. The first-order valence-corrected chi connectivity index (χ1v) is 2.48. The third-order valence-electron chi connectivity index (χ3n) is 1.000.